The number of aromatic nitrogens is 1. The number of hydrogen-bond acceptors (Lipinski definition) is 5. The lowest BCUT2D eigenvalue weighted by atomic mass is 9.89. The van der Waals surface area contributed by atoms with Crippen molar-refractivity contribution in [2.45, 2.75) is 48.1 Å². The number of hydrogen-bond donors (Lipinski definition) is 1. The van der Waals surface area contributed by atoms with Gasteiger partial charge in [0.1, 0.15) is 0 Å². The van der Waals surface area contributed by atoms with Crippen LogP contribution in [0.15, 0.2) is 83.9 Å². The van der Waals surface area contributed by atoms with Crippen molar-refractivity contribution < 1.29 is 13.9 Å². The van der Waals surface area contributed by atoms with Gasteiger partial charge >= 0.3 is 0 Å². The third-order valence-electron chi connectivity index (χ3n) is 8.88. The number of aliphatic hydroxyl groups is 1. The number of fused-ring (bicyclic) bond motifs is 3. The van der Waals surface area contributed by atoms with Gasteiger partial charge in [-0.25, -0.2) is 8.78 Å². The van der Waals surface area contributed by atoms with Crippen molar-refractivity contribution in [1.82, 2.24) is 14.8 Å². The van der Waals surface area contributed by atoms with Crippen LogP contribution in [0.3, 0.4) is 0 Å². The normalized spacial score (nSPS) is 24.0. The number of alkyl halides is 2. The molecule has 3 aliphatic rings. The second-order valence-electron chi connectivity index (χ2n) is 11.6. The van der Waals surface area contributed by atoms with Gasteiger partial charge in [0.05, 0.1) is 17.7 Å². The summed E-state index contributed by atoms with van der Waals surface area (Å²) in [4.78, 5) is 10.3. The van der Waals surface area contributed by atoms with E-state index in [1.807, 2.05) is 54.6 Å². The zero-order chi connectivity index (χ0) is 27.9. The highest BCUT2D eigenvalue weighted by atomic mass is 32.2. The van der Waals surface area contributed by atoms with E-state index in [0.29, 0.717) is 29.3 Å². The summed E-state index contributed by atoms with van der Waals surface area (Å²) in [6.45, 7) is 3.75. The van der Waals surface area contributed by atoms with Crippen LogP contribution in [0.5, 0.6) is 0 Å². The molecule has 1 saturated heterocycles. The summed E-state index contributed by atoms with van der Waals surface area (Å²) in [6, 6.07) is 23.5. The van der Waals surface area contributed by atoms with E-state index in [1.54, 1.807) is 24.0 Å². The molecular formula is C34H35F2N3OS. The van der Waals surface area contributed by atoms with Crippen LogP contribution in [-0.2, 0) is 0 Å². The van der Waals surface area contributed by atoms with Gasteiger partial charge in [0, 0.05) is 55.0 Å². The second-order valence-corrected chi connectivity index (χ2v) is 12.6. The highest BCUT2D eigenvalue weighted by Gasteiger charge is 2.42. The third kappa shape index (κ3) is 5.29. The van der Waals surface area contributed by atoms with Crippen LogP contribution in [0.25, 0.3) is 10.9 Å². The van der Waals surface area contributed by atoms with Gasteiger partial charge in [0.2, 0.25) is 0 Å². The molecule has 1 aliphatic heterocycles. The van der Waals surface area contributed by atoms with Crippen molar-refractivity contribution in [3.05, 3.63) is 107 Å². The Kier molecular flexibility index (Phi) is 7.54. The van der Waals surface area contributed by atoms with Crippen molar-refractivity contribution in [2.75, 3.05) is 38.5 Å². The maximum Gasteiger partial charge on any atom is 0.161 e. The maximum atomic E-state index is 15.9. The van der Waals surface area contributed by atoms with E-state index in [2.05, 4.69) is 26.9 Å². The van der Waals surface area contributed by atoms with E-state index in [9.17, 15) is 5.11 Å². The minimum absolute atomic E-state index is 0.179. The number of rotatable bonds is 7. The summed E-state index contributed by atoms with van der Waals surface area (Å²) >= 11 is 1.67. The van der Waals surface area contributed by atoms with Gasteiger partial charge in [0.15, 0.2) is 12.3 Å². The Morgan fingerprint density at radius 3 is 2.34 bits per heavy atom. The Morgan fingerprint density at radius 2 is 1.54 bits per heavy atom. The molecule has 212 valence electrons. The number of thioether (sulfide) groups is 1. The third-order valence-corrected chi connectivity index (χ3v) is 10.1. The topological polar surface area (TPSA) is 39.6 Å². The van der Waals surface area contributed by atoms with E-state index in [4.69, 9.17) is 0 Å². The molecule has 2 fully saturated rings. The predicted octanol–water partition coefficient (Wildman–Crippen LogP) is 7.01. The lowest BCUT2D eigenvalue weighted by Gasteiger charge is -2.41. The maximum absolute atomic E-state index is 15.9. The molecule has 7 rings (SSSR count). The summed E-state index contributed by atoms with van der Waals surface area (Å²) in [5, 5.41) is 12.0. The van der Waals surface area contributed by atoms with E-state index in [1.165, 1.54) is 0 Å². The molecule has 2 aliphatic carbocycles. The molecule has 1 aromatic heterocycles. The van der Waals surface area contributed by atoms with Gasteiger partial charge in [-0.1, -0.05) is 54.6 Å². The SMILES string of the molecule is O[C@@H](CSc1cccc2ncccc12)CN1CCN(C2c3ccccc3C(F)C(F)c3c(C4CC4)cccc32)CC1. The van der Waals surface area contributed by atoms with Crippen LogP contribution < -0.4 is 0 Å². The molecule has 0 amide bonds. The van der Waals surface area contributed by atoms with Gasteiger partial charge in [-0.15, -0.1) is 11.8 Å². The van der Waals surface area contributed by atoms with Gasteiger partial charge in [-0.3, -0.25) is 14.8 Å². The standard InChI is InChI=1S/C34H35F2N3OS/c35-32-25-6-1-2-7-26(25)34(28-9-3-8-24(22-13-14-22)31(28)33(32)36)39-18-16-38(17-19-39)20-23(40)21-41-30-12-4-11-29-27(30)10-5-15-37-29/h1-12,15,22-23,32-34,40H,13-14,16-21H2/t23-,32?,33?,34?/m1/s1. The average Bonchev–Trinajstić information content (AvgIpc) is 3.86. The first-order valence-corrected chi connectivity index (χ1v) is 15.7. The Hall–Kier alpha value is -2.84. The van der Waals surface area contributed by atoms with Crippen LogP contribution in [0.2, 0.25) is 0 Å². The highest BCUT2D eigenvalue weighted by molar-refractivity contribution is 7.99. The first kappa shape index (κ1) is 27.0. The van der Waals surface area contributed by atoms with Crippen LogP contribution in [-0.4, -0.2) is 64.5 Å². The lowest BCUT2D eigenvalue weighted by molar-refractivity contribution is 0.0706. The molecule has 7 heteroatoms. The highest BCUT2D eigenvalue weighted by Crippen LogP contribution is 2.53. The fourth-order valence-electron chi connectivity index (χ4n) is 6.73. The number of benzene rings is 3. The first-order chi connectivity index (χ1) is 20.1. The molecule has 41 heavy (non-hydrogen) atoms. The molecule has 4 nitrogen and oxygen atoms in total. The second kappa shape index (κ2) is 11.4. The van der Waals surface area contributed by atoms with Gasteiger partial charge < -0.3 is 5.11 Å². The van der Waals surface area contributed by atoms with E-state index in [-0.39, 0.29) is 6.04 Å². The van der Waals surface area contributed by atoms with Crippen LogP contribution in [0, 0.1) is 0 Å². The van der Waals surface area contributed by atoms with Crippen molar-refractivity contribution in [1.29, 1.82) is 0 Å². The molecule has 1 saturated carbocycles. The average molecular weight is 572 g/mol. The van der Waals surface area contributed by atoms with E-state index in [0.717, 1.165) is 71.5 Å². The van der Waals surface area contributed by atoms with Crippen LogP contribution >= 0.6 is 11.8 Å². The number of nitrogens with zero attached hydrogens (tertiary/aromatic N) is 3. The largest absolute Gasteiger partial charge is 0.391 e. The van der Waals surface area contributed by atoms with E-state index < -0.39 is 18.4 Å². The van der Waals surface area contributed by atoms with Gasteiger partial charge in [-0.2, -0.15) is 0 Å². The summed E-state index contributed by atoms with van der Waals surface area (Å²) in [7, 11) is 0. The number of β-amino-alcohol motifs (C(OH)–C–C–N with tert-alkyl or cyclic N) is 1. The molecule has 4 atom stereocenters. The minimum Gasteiger partial charge on any atom is -0.391 e. The lowest BCUT2D eigenvalue weighted by Crippen LogP contribution is -2.50. The van der Waals surface area contributed by atoms with Gasteiger partial charge in [0.25, 0.3) is 0 Å². The van der Waals surface area contributed by atoms with Crippen molar-refractivity contribution >= 4 is 22.7 Å². The van der Waals surface area contributed by atoms with Crippen molar-refractivity contribution in [3.63, 3.8) is 0 Å². The van der Waals surface area contributed by atoms with Crippen molar-refractivity contribution in [3.8, 4) is 0 Å². The molecule has 2 heterocycles. The Bertz CT molecular complexity index is 1530. The Balaban J connectivity index is 1.06. The fraction of sp³-hybridized carbons (Fsp3) is 0.382. The number of aliphatic hydroxyl groups excluding tert-OH is 1. The summed E-state index contributed by atoms with van der Waals surface area (Å²) in [6.07, 6.45) is 0.122. The Labute approximate surface area is 244 Å². The molecule has 3 aromatic carbocycles. The Morgan fingerprint density at radius 1 is 0.805 bits per heavy atom. The number of piperazine rings is 1. The van der Waals surface area contributed by atoms with E-state index >= 15 is 8.78 Å². The smallest absolute Gasteiger partial charge is 0.161 e. The number of halogens is 2. The predicted molar refractivity (Wildman–Crippen MR) is 161 cm³/mol. The molecular weight excluding hydrogens is 536 g/mol. The zero-order valence-electron chi connectivity index (χ0n) is 23.0. The minimum atomic E-state index is -1.67. The molecule has 0 bridgehead atoms. The van der Waals surface area contributed by atoms with Crippen LogP contribution in [0.4, 0.5) is 8.78 Å². The monoisotopic (exact) mass is 571 g/mol. The van der Waals surface area contributed by atoms with Gasteiger partial charge in [-0.05, 0) is 64.8 Å². The summed E-state index contributed by atoms with van der Waals surface area (Å²) in [5.41, 5.74) is 4.82. The van der Waals surface area contributed by atoms with Crippen LogP contribution in [0.1, 0.15) is 65.0 Å². The molecule has 1 N–H and O–H groups in total. The number of pyridine rings is 1. The van der Waals surface area contributed by atoms with Crippen molar-refractivity contribution in [2.24, 2.45) is 0 Å². The first-order valence-electron chi connectivity index (χ1n) is 14.7. The summed E-state index contributed by atoms with van der Waals surface area (Å²) in [5.74, 6) is 0.954. The molecule has 4 aromatic rings. The summed E-state index contributed by atoms with van der Waals surface area (Å²) < 4.78 is 31.7. The molecule has 3 unspecified atom stereocenters. The molecule has 0 radical (unpaired) electrons. The quantitative estimate of drug-likeness (QED) is 0.242. The molecule has 0 spiro atoms. The zero-order valence-corrected chi connectivity index (χ0v) is 23.8. The fourth-order valence-corrected chi connectivity index (χ4v) is 7.71.